The summed E-state index contributed by atoms with van der Waals surface area (Å²) in [5.74, 6) is 0.0733. The molecule has 0 heterocycles. The first-order valence-corrected chi connectivity index (χ1v) is 5.86. The third-order valence-electron chi connectivity index (χ3n) is 2.61. The third-order valence-corrected chi connectivity index (χ3v) is 2.61. The van der Waals surface area contributed by atoms with E-state index < -0.39 is 7.12 Å². The molecular formula is C13H20BNO3. The summed E-state index contributed by atoms with van der Waals surface area (Å²) in [6, 6.07) is 5.08. The first-order valence-electron chi connectivity index (χ1n) is 5.86. The van der Waals surface area contributed by atoms with Gasteiger partial charge in [-0.2, -0.15) is 0 Å². The standard InChI is InChI=1S/C13H20BNO3/c1-13(2,3)8-10-7-9(12(15)18-4)5-6-11(10)14(16)17/h5-7,15-17H,8H2,1-4H3. The van der Waals surface area contributed by atoms with Gasteiger partial charge in [0.15, 0.2) is 0 Å². The highest BCUT2D eigenvalue weighted by Crippen LogP contribution is 2.20. The molecule has 0 aliphatic carbocycles. The summed E-state index contributed by atoms with van der Waals surface area (Å²) in [6.07, 6.45) is 0.699. The summed E-state index contributed by atoms with van der Waals surface area (Å²) >= 11 is 0. The molecule has 0 bridgehead atoms. The van der Waals surface area contributed by atoms with Gasteiger partial charge in [0.05, 0.1) is 7.11 Å². The number of hydrogen-bond acceptors (Lipinski definition) is 4. The highest BCUT2D eigenvalue weighted by Gasteiger charge is 2.21. The Labute approximate surface area is 108 Å². The minimum atomic E-state index is -1.49. The molecule has 0 amide bonds. The van der Waals surface area contributed by atoms with Crippen LogP contribution in [0.15, 0.2) is 18.2 Å². The van der Waals surface area contributed by atoms with E-state index in [2.05, 4.69) is 20.8 Å². The Morgan fingerprint density at radius 2 is 1.94 bits per heavy atom. The molecule has 0 saturated heterocycles. The average Bonchev–Trinajstić information content (AvgIpc) is 2.25. The smallest absolute Gasteiger partial charge is 0.481 e. The van der Waals surface area contributed by atoms with Crippen LogP contribution < -0.4 is 5.46 Å². The van der Waals surface area contributed by atoms with E-state index in [-0.39, 0.29) is 11.3 Å². The Balaban J connectivity index is 3.20. The fourth-order valence-electron chi connectivity index (χ4n) is 1.84. The number of methoxy groups -OCH3 is 1. The lowest BCUT2D eigenvalue weighted by Crippen LogP contribution is -2.34. The monoisotopic (exact) mass is 249 g/mol. The molecule has 0 fully saturated rings. The average molecular weight is 249 g/mol. The number of rotatable bonds is 3. The van der Waals surface area contributed by atoms with Crippen molar-refractivity contribution in [2.75, 3.05) is 7.11 Å². The van der Waals surface area contributed by atoms with Crippen molar-refractivity contribution in [2.45, 2.75) is 27.2 Å². The second kappa shape index (κ2) is 5.54. The van der Waals surface area contributed by atoms with Gasteiger partial charge in [0.1, 0.15) is 0 Å². The van der Waals surface area contributed by atoms with Crippen LogP contribution in [0, 0.1) is 10.8 Å². The van der Waals surface area contributed by atoms with Crippen LogP contribution in [0.1, 0.15) is 31.9 Å². The molecule has 0 saturated carbocycles. The van der Waals surface area contributed by atoms with Crippen LogP contribution in [0.5, 0.6) is 0 Å². The molecular weight excluding hydrogens is 229 g/mol. The van der Waals surface area contributed by atoms with E-state index in [9.17, 15) is 10.0 Å². The van der Waals surface area contributed by atoms with Gasteiger partial charge < -0.3 is 14.8 Å². The molecule has 0 unspecified atom stereocenters. The van der Waals surface area contributed by atoms with E-state index >= 15 is 0 Å². The molecule has 0 radical (unpaired) electrons. The maximum atomic E-state index is 9.36. The summed E-state index contributed by atoms with van der Waals surface area (Å²) in [7, 11) is -0.0475. The van der Waals surface area contributed by atoms with E-state index in [0.29, 0.717) is 17.4 Å². The molecule has 0 atom stereocenters. The molecule has 5 heteroatoms. The Hall–Kier alpha value is -1.33. The summed E-state index contributed by atoms with van der Waals surface area (Å²) in [5.41, 5.74) is 1.98. The van der Waals surface area contributed by atoms with Crippen molar-refractivity contribution in [3.05, 3.63) is 29.3 Å². The van der Waals surface area contributed by atoms with Crippen LogP contribution in [-0.4, -0.2) is 30.2 Å². The Kier molecular flexibility index (Phi) is 4.54. The van der Waals surface area contributed by atoms with Crippen molar-refractivity contribution in [3.8, 4) is 0 Å². The predicted octanol–water partition coefficient (Wildman–Crippen LogP) is 0.927. The molecule has 18 heavy (non-hydrogen) atoms. The van der Waals surface area contributed by atoms with Crippen LogP contribution in [0.4, 0.5) is 0 Å². The van der Waals surface area contributed by atoms with E-state index in [1.807, 2.05) is 0 Å². The Morgan fingerprint density at radius 1 is 1.33 bits per heavy atom. The fraction of sp³-hybridized carbons (Fsp3) is 0.462. The summed E-state index contributed by atoms with van der Waals surface area (Å²) in [6.45, 7) is 6.23. The van der Waals surface area contributed by atoms with Gasteiger partial charge in [-0.05, 0) is 35.0 Å². The molecule has 0 aliphatic heterocycles. The predicted molar refractivity (Wildman–Crippen MR) is 73.3 cm³/mol. The minimum Gasteiger partial charge on any atom is -0.481 e. The van der Waals surface area contributed by atoms with Crippen molar-refractivity contribution in [2.24, 2.45) is 5.41 Å². The highest BCUT2D eigenvalue weighted by atomic mass is 16.5. The second-order valence-corrected chi connectivity index (χ2v) is 5.56. The maximum Gasteiger partial charge on any atom is 0.488 e. The van der Waals surface area contributed by atoms with E-state index in [0.717, 1.165) is 5.56 Å². The molecule has 4 nitrogen and oxygen atoms in total. The zero-order chi connectivity index (χ0) is 13.9. The molecule has 0 spiro atoms. The summed E-state index contributed by atoms with van der Waals surface area (Å²) < 4.78 is 4.88. The van der Waals surface area contributed by atoms with Crippen molar-refractivity contribution in [3.63, 3.8) is 0 Å². The van der Waals surface area contributed by atoms with Crippen molar-refractivity contribution in [1.29, 1.82) is 5.41 Å². The lowest BCUT2D eigenvalue weighted by Gasteiger charge is -2.21. The minimum absolute atomic E-state index is 0.0253. The molecule has 98 valence electrons. The number of nitrogens with one attached hydrogen (secondary N) is 1. The van der Waals surface area contributed by atoms with Crippen LogP contribution in [-0.2, 0) is 11.2 Å². The fourth-order valence-corrected chi connectivity index (χ4v) is 1.84. The molecule has 0 aliphatic rings. The van der Waals surface area contributed by atoms with Gasteiger partial charge >= 0.3 is 7.12 Å². The first kappa shape index (κ1) is 14.7. The first-order chi connectivity index (χ1) is 8.24. The molecule has 1 aromatic rings. The van der Waals surface area contributed by atoms with E-state index in [1.54, 1.807) is 18.2 Å². The molecule has 0 aromatic heterocycles. The second-order valence-electron chi connectivity index (χ2n) is 5.56. The Morgan fingerprint density at radius 3 is 2.39 bits per heavy atom. The zero-order valence-electron chi connectivity index (χ0n) is 11.3. The quantitative estimate of drug-likeness (QED) is 0.424. The van der Waals surface area contributed by atoms with E-state index in [4.69, 9.17) is 10.1 Å². The van der Waals surface area contributed by atoms with Crippen LogP contribution in [0.2, 0.25) is 0 Å². The van der Waals surface area contributed by atoms with Crippen molar-refractivity contribution in [1.82, 2.24) is 0 Å². The topological polar surface area (TPSA) is 73.5 Å². The van der Waals surface area contributed by atoms with E-state index in [1.165, 1.54) is 7.11 Å². The lowest BCUT2D eigenvalue weighted by atomic mass is 9.73. The lowest BCUT2D eigenvalue weighted by molar-refractivity contribution is 0.399. The SMILES string of the molecule is COC(=N)c1ccc(B(O)O)c(CC(C)(C)C)c1. The van der Waals surface area contributed by atoms with Crippen LogP contribution in [0.3, 0.4) is 0 Å². The van der Waals surface area contributed by atoms with Gasteiger partial charge in [-0.15, -0.1) is 0 Å². The van der Waals surface area contributed by atoms with Crippen LogP contribution in [0.25, 0.3) is 0 Å². The highest BCUT2D eigenvalue weighted by molar-refractivity contribution is 6.59. The summed E-state index contributed by atoms with van der Waals surface area (Å²) in [4.78, 5) is 0. The number of ether oxygens (including phenoxy) is 1. The van der Waals surface area contributed by atoms with Crippen molar-refractivity contribution < 1.29 is 14.8 Å². The normalized spacial score (nSPS) is 11.2. The van der Waals surface area contributed by atoms with Gasteiger partial charge in [-0.25, -0.2) is 0 Å². The van der Waals surface area contributed by atoms with Gasteiger partial charge in [0.2, 0.25) is 5.90 Å². The van der Waals surface area contributed by atoms with Gasteiger partial charge in [-0.3, -0.25) is 5.41 Å². The van der Waals surface area contributed by atoms with Gasteiger partial charge in [0, 0.05) is 5.56 Å². The molecule has 1 rings (SSSR count). The van der Waals surface area contributed by atoms with Gasteiger partial charge in [-0.1, -0.05) is 26.8 Å². The van der Waals surface area contributed by atoms with Crippen molar-refractivity contribution >= 4 is 18.5 Å². The van der Waals surface area contributed by atoms with Gasteiger partial charge in [0.25, 0.3) is 0 Å². The summed E-state index contributed by atoms with van der Waals surface area (Å²) in [5, 5.41) is 26.4. The maximum absolute atomic E-state index is 9.36. The Bertz CT molecular complexity index is 438. The largest absolute Gasteiger partial charge is 0.488 e. The number of benzene rings is 1. The number of hydrogen-bond donors (Lipinski definition) is 3. The molecule has 3 N–H and O–H groups in total. The zero-order valence-corrected chi connectivity index (χ0v) is 11.3. The third kappa shape index (κ3) is 3.86. The van der Waals surface area contributed by atoms with Crippen LogP contribution >= 0.6 is 0 Å². The molecule has 1 aromatic carbocycles.